The van der Waals surface area contributed by atoms with Gasteiger partial charge in [0.25, 0.3) is 5.97 Å². The molecule has 0 spiro atoms. The van der Waals surface area contributed by atoms with Gasteiger partial charge in [0, 0.05) is 13.8 Å². The molecule has 0 unspecified atom stereocenters. The van der Waals surface area contributed by atoms with Crippen LogP contribution in [0.25, 0.3) is 0 Å². The molecule has 0 aromatic heterocycles. The standard InChI is InChI=1S/C10H12O3.C2H4O2/c1-8(11)13-7-9-3-5-10(12-2)6-4-9;1-2(3)4/h3-6H,7H2,1-2H3;1H3,(H,3,4). The summed E-state index contributed by atoms with van der Waals surface area (Å²) in [5.41, 5.74) is 0.955. The lowest BCUT2D eigenvalue weighted by atomic mass is 10.2. The minimum absolute atomic E-state index is 0.268. The predicted molar refractivity (Wildman–Crippen MR) is 61.8 cm³/mol. The highest BCUT2D eigenvalue weighted by Gasteiger charge is 1.96. The number of carboxylic acid groups (broad SMARTS) is 1. The summed E-state index contributed by atoms with van der Waals surface area (Å²) in [5, 5.41) is 7.42. The van der Waals surface area contributed by atoms with E-state index in [0.717, 1.165) is 18.2 Å². The van der Waals surface area contributed by atoms with Crippen molar-refractivity contribution in [2.75, 3.05) is 7.11 Å². The van der Waals surface area contributed by atoms with E-state index in [1.165, 1.54) is 6.92 Å². The van der Waals surface area contributed by atoms with Crippen LogP contribution in [0.2, 0.25) is 0 Å². The molecule has 0 radical (unpaired) electrons. The van der Waals surface area contributed by atoms with Gasteiger partial charge in [0.15, 0.2) is 0 Å². The first kappa shape index (κ1) is 15.0. The summed E-state index contributed by atoms with van der Waals surface area (Å²) < 4.78 is 9.81. The lowest BCUT2D eigenvalue weighted by Gasteiger charge is -2.03. The number of hydrogen-bond donors (Lipinski definition) is 1. The fourth-order valence-corrected chi connectivity index (χ4v) is 0.907. The van der Waals surface area contributed by atoms with Crippen LogP contribution in [0.1, 0.15) is 19.4 Å². The lowest BCUT2D eigenvalue weighted by molar-refractivity contribution is -0.142. The maximum atomic E-state index is 10.5. The summed E-state index contributed by atoms with van der Waals surface area (Å²) in [5.74, 6) is -0.303. The van der Waals surface area contributed by atoms with Gasteiger partial charge in [-0.3, -0.25) is 9.59 Å². The molecule has 0 saturated heterocycles. The first-order valence-electron chi connectivity index (χ1n) is 4.91. The van der Waals surface area contributed by atoms with Crippen molar-refractivity contribution >= 4 is 11.9 Å². The van der Waals surface area contributed by atoms with Crippen molar-refractivity contribution in [1.29, 1.82) is 0 Å². The normalized spacial score (nSPS) is 8.65. The van der Waals surface area contributed by atoms with Gasteiger partial charge in [0.1, 0.15) is 12.4 Å². The Morgan fingerprint density at radius 2 is 1.65 bits per heavy atom. The molecule has 5 heteroatoms. The average molecular weight is 240 g/mol. The number of carboxylic acids is 1. The highest BCUT2D eigenvalue weighted by molar-refractivity contribution is 5.65. The number of methoxy groups -OCH3 is 1. The Morgan fingerprint density at radius 1 is 1.18 bits per heavy atom. The van der Waals surface area contributed by atoms with Gasteiger partial charge in [-0.05, 0) is 17.7 Å². The minimum atomic E-state index is -0.833. The van der Waals surface area contributed by atoms with Crippen molar-refractivity contribution < 1.29 is 24.2 Å². The first-order chi connectivity index (χ1) is 7.95. The number of esters is 1. The molecule has 5 nitrogen and oxygen atoms in total. The second-order valence-electron chi connectivity index (χ2n) is 3.15. The van der Waals surface area contributed by atoms with Crippen LogP contribution < -0.4 is 4.74 Å². The minimum Gasteiger partial charge on any atom is -0.497 e. The summed E-state index contributed by atoms with van der Waals surface area (Å²) in [7, 11) is 1.61. The van der Waals surface area contributed by atoms with E-state index in [4.69, 9.17) is 19.4 Å². The second-order valence-corrected chi connectivity index (χ2v) is 3.15. The van der Waals surface area contributed by atoms with E-state index < -0.39 is 5.97 Å². The maximum absolute atomic E-state index is 10.5. The Labute approximate surface area is 100.0 Å². The molecule has 0 bridgehead atoms. The summed E-state index contributed by atoms with van der Waals surface area (Å²) in [6.45, 7) is 2.79. The fraction of sp³-hybridized carbons (Fsp3) is 0.333. The molecular weight excluding hydrogens is 224 g/mol. The zero-order chi connectivity index (χ0) is 13.3. The van der Waals surface area contributed by atoms with Crippen molar-refractivity contribution in [1.82, 2.24) is 0 Å². The molecular formula is C12H16O5. The van der Waals surface area contributed by atoms with Crippen molar-refractivity contribution in [3.05, 3.63) is 29.8 Å². The van der Waals surface area contributed by atoms with Crippen LogP contribution in [0.3, 0.4) is 0 Å². The van der Waals surface area contributed by atoms with Crippen LogP contribution in [0.5, 0.6) is 5.75 Å². The fourth-order valence-electron chi connectivity index (χ4n) is 0.907. The van der Waals surface area contributed by atoms with Gasteiger partial charge in [-0.25, -0.2) is 0 Å². The van der Waals surface area contributed by atoms with E-state index in [-0.39, 0.29) is 5.97 Å². The topological polar surface area (TPSA) is 72.8 Å². The van der Waals surface area contributed by atoms with E-state index in [0.29, 0.717) is 6.61 Å². The van der Waals surface area contributed by atoms with Gasteiger partial charge in [0.2, 0.25) is 0 Å². The first-order valence-corrected chi connectivity index (χ1v) is 4.91. The molecule has 1 aromatic carbocycles. The van der Waals surface area contributed by atoms with Gasteiger partial charge in [0.05, 0.1) is 7.11 Å². The number of carbonyl (C=O) groups is 2. The van der Waals surface area contributed by atoms with Crippen LogP contribution in [0, 0.1) is 0 Å². The third-order valence-electron chi connectivity index (χ3n) is 1.60. The van der Waals surface area contributed by atoms with Gasteiger partial charge in [-0.1, -0.05) is 12.1 Å². The van der Waals surface area contributed by atoms with Gasteiger partial charge in [-0.2, -0.15) is 0 Å². The number of carbonyl (C=O) groups excluding carboxylic acids is 1. The number of aliphatic carboxylic acids is 1. The quantitative estimate of drug-likeness (QED) is 0.816. The molecule has 0 aliphatic heterocycles. The number of benzene rings is 1. The Hall–Kier alpha value is -2.04. The van der Waals surface area contributed by atoms with E-state index in [1.54, 1.807) is 7.11 Å². The van der Waals surface area contributed by atoms with Crippen LogP contribution in [0.4, 0.5) is 0 Å². The Morgan fingerprint density at radius 3 is 2.00 bits per heavy atom. The van der Waals surface area contributed by atoms with Crippen molar-refractivity contribution in [2.24, 2.45) is 0 Å². The van der Waals surface area contributed by atoms with E-state index in [9.17, 15) is 4.79 Å². The lowest BCUT2D eigenvalue weighted by Crippen LogP contribution is -1.98. The molecule has 1 aromatic rings. The van der Waals surface area contributed by atoms with Gasteiger partial charge < -0.3 is 14.6 Å². The number of ether oxygens (including phenoxy) is 2. The Balaban J connectivity index is 0.000000557. The molecule has 0 fully saturated rings. The monoisotopic (exact) mass is 240 g/mol. The predicted octanol–water partition coefficient (Wildman–Crippen LogP) is 1.85. The van der Waals surface area contributed by atoms with Crippen molar-refractivity contribution in [3.63, 3.8) is 0 Å². The van der Waals surface area contributed by atoms with Crippen LogP contribution in [-0.4, -0.2) is 24.2 Å². The largest absolute Gasteiger partial charge is 0.497 e. The zero-order valence-corrected chi connectivity index (χ0v) is 10.1. The average Bonchev–Trinajstić information content (AvgIpc) is 2.26. The van der Waals surface area contributed by atoms with Crippen LogP contribution in [0.15, 0.2) is 24.3 Å². The molecule has 0 aliphatic carbocycles. The summed E-state index contributed by atoms with van der Waals surface area (Å²) in [4.78, 5) is 19.5. The van der Waals surface area contributed by atoms with Crippen LogP contribution >= 0.6 is 0 Å². The van der Waals surface area contributed by atoms with Crippen molar-refractivity contribution in [3.8, 4) is 5.75 Å². The molecule has 94 valence electrons. The van der Waals surface area contributed by atoms with Crippen LogP contribution in [-0.2, 0) is 20.9 Å². The Bertz CT molecular complexity index is 352. The highest BCUT2D eigenvalue weighted by atomic mass is 16.5. The van der Waals surface area contributed by atoms with E-state index in [2.05, 4.69) is 0 Å². The van der Waals surface area contributed by atoms with Gasteiger partial charge in [-0.15, -0.1) is 0 Å². The molecule has 1 rings (SSSR count). The molecule has 0 heterocycles. The highest BCUT2D eigenvalue weighted by Crippen LogP contribution is 2.11. The molecule has 0 aliphatic rings. The molecule has 0 amide bonds. The van der Waals surface area contributed by atoms with Crippen molar-refractivity contribution in [2.45, 2.75) is 20.5 Å². The molecule has 1 N–H and O–H groups in total. The second kappa shape index (κ2) is 8.15. The van der Waals surface area contributed by atoms with Gasteiger partial charge >= 0.3 is 5.97 Å². The smallest absolute Gasteiger partial charge is 0.302 e. The molecule has 0 saturated carbocycles. The summed E-state index contributed by atoms with van der Waals surface area (Å²) in [6, 6.07) is 7.39. The molecule has 0 atom stereocenters. The maximum Gasteiger partial charge on any atom is 0.302 e. The van der Waals surface area contributed by atoms with E-state index in [1.807, 2.05) is 24.3 Å². The summed E-state index contributed by atoms with van der Waals surface area (Å²) in [6.07, 6.45) is 0. The number of rotatable bonds is 3. The SMILES string of the molecule is CC(=O)O.COc1ccc(COC(C)=O)cc1. The van der Waals surface area contributed by atoms with E-state index >= 15 is 0 Å². The third-order valence-corrected chi connectivity index (χ3v) is 1.60. The zero-order valence-electron chi connectivity index (χ0n) is 10.1. The third kappa shape index (κ3) is 8.92. The Kier molecular flexibility index (Phi) is 7.17. The number of hydrogen-bond acceptors (Lipinski definition) is 4. The summed E-state index contributed by atoms with van der Waals surface area (Å²) >= 11 is 0. The molecule has 17 heavy (non-hydrogen) atoms.